The maximum atomic E-state index is 11.4. The van der Waals surface area contributed by atoms with Crippen LogP contribution in [0, 0.1) is 0 Å². The third-order valence-electron chi connectivity index (χ3n) is 3.34. The second-order valence-corrected chi connectivity index (χ2v) is 5.28. The Morgan fingerprint density at radius 3 is 3.00 bits per heavy atom. The van der Waals surface area contributed by atoms with Gasteiger partial charge in [-0.2, -0.15) is 0 Å². The molecule has 0 atom stereocenters. The molecule has 3 rings (SSSR count). The second kappa shape index (κ2) is 5.09. The number of carbonyl (C=O) groups is 1. The summed E-state index contributed by atoms with van der Waals surface area (Å²) in [7, 11) is 1.63. The first-order chi connectivity index (χ1) is 9.78. The van der Waals surface area contributed by atoms with Crippen LogP contribution in [0.1, 0.15) is 23.0 Å². The number of methoxy groups -OCH3 is 1. The average Bonchev–Trinajstić information content (AvgIpc) is 3.06. The maximum Gasteiger partial charge on any atom is 0.194 e. The van der Waals surface area contributed by atoms with Crippen LogP contribution in [0.2, 0.25) is 0 Å². The Bertz CT molecular complexity index is 773. The van der Waals surface area contributed by atoms with E-state index in [0.717, 1.165) is 29.0 Å². The van der Waals surface area contributed by atoms with Crippen LogP contribution in [0.15, 0.2) is 29.8 Å². The molecule has 2 heterocycles. The highest BCUT2D eigenvalue weighted by atomic mass is 32.1. The Morgan fingerprint density at radius 1 is 1.45 bits per heavy atom. The highest BCUT2D eigenvalue weighted by Gasteiger charge is 2.17. The Labute approximate surface area is 120 Å². The van der Waals surface area contributed by atoms with E-state index in [-0.39, 0.29) is 0 Å². The highest BCUT2D eigenvalue weighted by molar-refractivity contribution is 7.15. The van der Waals surface area contributed by atoms with Crippen LogP contribution in [-0.4, -0.2) is 22.8 Å². The topological polar surface area (TPSA) is 43.6 Å². The molecule has 0 bridgehead atoms. The number of aldehydes is 1. The van der Waals surface area contributed by atoms with Crippen molar-refractivity contribution >= 4 is 22.6 Å². The van der Waals surface area contributed by atoms with Gasteiger partial charge in [0.05, 0.1) is 7.11 Å². The highest BCUT2D eigenvalue weighted by Crippen LogP contribution is 2.33. The summed E-state index contributed by atoms with van der Waals surface area (Å²) in [5, 5.41) is 1.92. The standard InChI is InChI=1S/C15H14N2O2S/c1-3-10-4-5-13(19-2)11(8-10)14-12(9-18)17-6-7-20-15(17)16-14/h4-9H,3H2,1-2H3. The molecule has 3 aromatic rings. The summed E-state index contributed by atoms with van der Waals surface area (Å²) in [5.74, 6) is 0.732. The summed E-state index contributed by atoms with van der Waals surface area (Å²) >= 11 is 1.51. The van der Waals surface area contributed by atoms with E-state index in [2.05, 4.69) is 11.9 Å². The zero-order chi connectivity index (χ0) is 14.1. The molecule has 0 unspecified atom stereocenters. The van der Waals surface area contributed by atoms with Gasteiger partial charge >= 0.3 is 0 Å². The minimum atomic E-state index is 0.563. The van der Waals surface area contributed by atoms with Crippen molar-refractivity contribution in [2.24, 2.45) is 0 Å². The molecule has 0 aliphatic rings. The summed E-state index contributed by atoms with van der Waals surface area (Å²) in [6.45, 7) is 2.10. The van der Waals surface area contributed by atoms with E-state index >= 15 is 0 Å². The molecule has 0 aliphatic heterocycles. The number of hydrogen-bond acceptors (Lipinski definition) is 4. The van der Waals surface area contributed by atoms with Gasteiger partial charge in [-0.05, 0) is 24.1 Å². The van der Waals surface area contributed by atoms with Crippen LogP contribution in [0.25, 0.3) is 16.2 Å². The fourth-order valence-electron chi connectivity index (χ4n) is 2.27. The van der Waals surface area contributed by atoms with Gasteiger partial charge in [-0.3, -0.25) is 9.20 Å². The fourth-order valence-corrected chi connectivity index (χ4v) is 3.00. The number of aromatic nitrogens is 2. The zero-order valence-corrected chi connectivity index (χ0v) is 12.1. The lowest BCUT2D eigenvalue weighted by Crippen LogP contribution is -1.94. The molecule has 0 amide bonds. The second-order valence-electron chi connectivity index (χ2n) is 4.41. The van der Waals surface area contributed by atoms with Crippen LogP contribution < -0.4 is 4.74 Å². The zero-order valence-electron chi connectivity index (χ0n) is 11.3. The minimum Gasteiger partial charge on any atom is -0.496 e. The van der Waals surface area contributed by atoms with Crippen molar-refractivity contribution in [2.45, 2.75) is 13.3 Å². The fraction of sp³-hybridized carbons (Fsp3) is 0.200. The predicted octanol–water partition coefficient (Wildman–Crippen LogP) is 3.45. The van der Waals surface area contributed by atoms with Crippen LogP contribution in [0.3, 0.4) is 0 Å². The first-order valence-corrected chi connectivity index (χ1v) is 7.24. The van der Waals surface area contributed by atoms with E-state index in [0.29, 0.717) is 11.4 Å². The lowest BCUT2D eigenvalue weighted by atomic mass is 10.0. The van der Waals surface area contributed by atoms with Gasteiger partial charge in [0.25, 0.3) is 0 Å². The van der Waals surface area contributed by atoms with Gasteiger partial charge in [-0.15, -0.1) is 11.3 Å². The summed E-state index contributed by atoms with van der Waals surface area (Å²) in [5.41, 5.74) is 3.30. The lowest BCUT2D eigenvalue weighted by molar-refractivity contribution is 0.111. The molecule has 0 radical (unpaired) electrons. The van der Waals surface area contributed by atoms with E-state index in [9.17, 15) is 4.79 Å². The number of imidazole rings is 1. The summed E-state index contributed by atoms with van der Waals surface area (Å²) in [4.78, 5) is 16.8. The van der Waals surface area contributed by atoms with Crippen molar-refractivity contribution in [1.29, 1.82) is 0 Å². The van der Waals surface area contributed by atoms with Crippen LogP contribution >= 0.6 is 11.3 Å². The summed E-state index contributed by atoms with van der Waals surface area (Å²) < 4.78 is 7.22. The SMILES string of the molecule is CCc1ccc(OC)c(-c2nc3sccn3c2C=O)c1. The number of rotatable bonds is 4. The van der Waals surface area contributed by atoms with Gasteiger partial charge in [0, 0.05) is 17.1 Å². The van der Waals surface area contributed by atoms with E-state index < -0.39 is 0 Å². The first-order valence-electron chi connectivity index (χ1n) is 6.36. The average molecular weight is 286 g/mol. The van der Waals surface area contributed by atoms with Crippen molar-refractivity contribution in [1.82, 2.24) is 9.38 Å². The molecule has 0 N–H and O–H groups in total. The Balaban J connectivity index is 2.28. The van der Waals surface area contributed by atoms with Crippen molar-refractivity contribution in [3.63, 3.8) is 0 Å². The van der Waals surface area contributed by atoms with Crippen molar-refractivity contribution in [3.8, 4) is 17.0 Å². The number of carbonyl (C=O) groups excluding carboxylic acids is 1. The molecule has 5 heteroatoms. The molecular formula is C15H14N2O2S. The number of nitrogens with zero attached hydrogens (tertiary/aromatic N) is 2. The van der Waals surface area contributed by atoms with Crippen LogP contribution in [0.4, 0.5) is 0 Å². The summed E-state index contributed by atoms with van der Waals surface area (Å²) in [6, 6.07) is 6.00. The van der Waals surface area contributed by atoms with Crippen molar-refractivity contribution in [2.75, 3.05) is 7.11 Å². The first kappa shape index (κ1) is 12.9. The van der Waals surface area contributed by atoms with Gasteiger partial charge in [0.2, 0.25) is 0 Å². The van der Waals surface area contributed by atoms with E-state index in [1.54, 1.807) is 7.11 Å². The number of hydrogen-bond donors (Lipinski definition) is 0. The Morgan fingerprint density at radius 2 is 2.30 bits per heavy atom. The minimum absolute atomic E-state index is 0.563. The third-order valence-corrected chi connectivity index (χ3v) is 4.09. The molecule has 4 nitrogen and oxygen atoms in total. The van der Waals surface area contributed by atoms with Gasteiger partial charge in [0.15, 0.2) is 11.2 Å². The normalized spacial score (nSPS) is 10.9. The summed E-state index contributed by atoms with van der Waals surface area (Å²) in [6.07, 6.45) is 3.63. The Hall–Kier alpha value is -2.14. The van der Waals surface area contributed by atoms with E-state index in [4.69, 9.17) is 4.74 Å². The molecule has 0 saturated heterocycles. The molecule has 1 aromatic carbocycles. The van der Waals surface area contributed by atoms with Crippen LogP contribution in [0.5, 0.6) is 5.75 Å². The van der Waals surface area contributed by atoms with Gasteiger partial charge in [0.1, 0.15) is 17.1 Å². The molecule has 0 fully saturated rings. The molecular weight excluding hydrogens is 272 g/mol. The maximum absolute atomic E-state index is 11.4. The van der Waals surface area contributed by atoms with Gasteiger partial charge in [-0.1, -0.05) is 13.0 Å². The van der Waals surface area contributed by atoms with Gasteiger partial charge in [-0.25, -0.2) is 4.98 Å². The number of benzene rings is 1. The largest absolute Gasteiger partial charge is 0.496 e. The monoisotopic (exact) mass is 286 g/mol. The number of fused-ring (bicyclic) bond motifs is 1. The van der Waals surface area contributed by atoms with Crippen molar-refractivity contribution in [3.05, 3.63) is 41.0 Å². The molecule has 0 spiro atoms. The lowest BCUT2D eigenvalue weighted by Gasteiger charge is -2.09. The molecule has 20 heavy (non-hydrogen) atoms. The Kier molecular flexibility index (Phi) is 3.28. The number of aryl methyl sites for hydroxylation is 1. The third kappa shape index (κ3) is 1.91. The van der Waals surface area contributed by atoms with E-state index in [1.807, 2.05) is 34.2 Å². The predicted molar refractivity (Wildman–Crippen MR) is 79.8 cm³/mol. The van der Waals surface area contributed by atoms with Crippen LogP contribution in [-0.2, 0) is 6.42 Å². The number of ether oxygens (including phenoxy) is 1. The molecule has 102 valence electrons. The van der Waals surface area contributed by atoms with Crippen molar-refractivity contribution < 1.29 is 9.53 Å². The molecule has 2 aromatic heterocycles. The number of thiazole rings is 1. The van der Waals surface area contributed by atoms with E-state index in [1.165, 1.54) is 16.9 Å². The molecule has 0 aliphatic carbocycles. The quantitative estimate of drug-likeness (QED) is 0.690. The van der Waals surface area contributed by atoms with Gasteiger partial charge < -0.3 is 4.74 Å². The molecule has 0 saturated carbocycles. The smallest absolute Gasteiger partial charge is 0.194 e.